The van der Waals surface area contributed by atoms with Crippen molar-refractivity contribution >= 4 is 20.7 Å². The zero-order chi connectivity index (χ0) is 7.28. The standard InChI is InChI=1S/C5H11ClO2S/c1-3-5(8-2)4-9(6)7/h5H,3-4H2,1-2H3. The highest BCUT2D eigenvalue weighted by atomic mass is 35.7. The van der Waals surface area contributed by atoms with Crippen molar-refractivity contribution in [1.82, 2.24) is 0 Å². The predicted octanol–water partition coefficient (Wildman–Crippen LogP) is 1.31. The lowest BCUT2D eigenvalue weighted by Gasteiger charge is -2.08. The van der Waals surface area contributed by atoms with E-state index in [1.54, 1.807) is 7.11 Å². The Kier molecular flexibility index (Phi) is 5.44. The normalized spacial score (nSPS) is 17.2. The summed E-state index contributed by atoms with van der Waals surface area (Å²) in [5.41, 5.74) is 0. The Morgan fingerprint density at radius 2 is 2.33 bits per heavy atom. The minimum atomic E-state index is -1.25. The molecule has 0 bridgehead atoms. The summed E-state index contributed by atoms with van der Waals surface area (Å²) >= 11 is 0. The lowest BCUT2D eigenvalue weighted by atomic mass is 10.3. The molecule has 0 radical (unpaired) electrons. The number of ether oxygens (including phenoxy) is 1. The smallest absolute Gasteiger partial charge is 0.117 e. The van der Waals surface area contributed by atoms with Crippen molar-refractivity contribution in [3.8, 4) is 0 Å². The molecule has 0 amide bonds. The average Bonchev–Trinajstić information content (AvgIpc) is 1.82. The Morgan fingerprint density at radius 3 is 2.44 bits per heavy atom. The van der Waals surface area contributed by atoms with Crippen molar-refractivity contribution < 1.29 is 8.95 Å². The van der Waals surface area contributed by atoms with Gasteiger partial charge in [-0.15, -0.1) is 0 Å². The first kappa shape index (κ1) is 9.40. The van der Waals surface area contributed by atoms with Crippen molar-refractivity contribution in [3.63, 3.8) is 0 Å². The molecule has 0 spiro atoms. The summed E-state index contributed by atoms with van der Waals surface area (Å²) in [6.07, 6.45) is 0.901. The second-order valence-corrected chi connectivity index (χ2v) is 3.67. The fraction of sp³-hybridized carbons (Fsp3) is 1.00. The number of halogens is 1. The van der Waals surface area contributed by atoms with Crippen LogP contribution in [0.3, 0.4) is 0 Å². The van der Waals surface area contributed by atoms with Gasteiger partial charge in [-0.25, -0.2) is 4.21 Å². The highest BCUT2D eigenvalue weighted by Crippen LogP contribution is 2.00. The third-order valence-electron chi connectivity index (χ3n) is 1.11. The fourth-order valence-corrected chi connectivity index (χ4v) is 1.58. The molecule has 0 aromatic carbocycles. The Hall–Kier alpha value is 0.400. The van der Waals surface area contributed by atoms with Crippen molar-refractivity contribution in [3.05, 3.63) is 0 Å². The Balaban J connectivity index is 3.43. The number of hydrogen-bond donors (Lipinski definition) is 0. The van der Waals surface area contributed by atoms with Crippen molar-refractivity contribution in [2.24, 2.45) is 0 Å². The van der Waals surface area contributed by atoms with E-state index >= 15 is 0 Å². The van der Waals surface area contributed by atoms with Crippen LogP contribution in [-0.2, 0) is 14.7 Å². The molecule has 0 aromatic rings. The molecule has 0 aromatic heterocycles. The van der Waals surface area contributed by atoms with Gasteiger partial charge in [-0.1, -0.05) is 6.92 Å². The molecule has 0 N–H and O–H groups in total. The highest BCUT2D eigenvalue weighted by molar-refractivity contribution is 8.08. The number of hydrogen-bond acceptors (Lipinski definition) is 2. The summed E-state index contributed by atoms with van der Waals surface area (Å²) in [5, 5.41) is 0. The lowest BCUT2D eigenvalue weighted by molar-refractivity contribution is 0.118. The van der Waals surface area contributed by atoms with Gasteiger partial charge in [0.2, 0.25) is 0 Å². The average molecular weight is 171 g/mol. The van der Waals surface area contributed by atoms with Crippen LogP contribution in [0.1, 0.15) is 13.3 Å². The summed E-state index contributed by atoms with van der Waals surface area (Å²) < 4.78 is 15.3. The summed E-state index contributed by atoms with van der Waals surface area (Å²) in [4.78, 5) is 0. The molecule has 4 heteroatoms. The molecule has 56 valence electrons. The van der Waals surface area contributed by atoms with Crippen molar-refractivity contribution in [1.29, 1.82) is 0 Å². The molecule has 0 rings (SSSR count). The third-order valence-corrected chi connectivity index (χ3v) is 2.12. The number of methoxy groups -OCH3 is 1. The molecule has 2 unspecified atom stereocenters. The van der Waals surface area contributed by atoms with Gasteiger partial charge >= 0.3 is 0 Å². The van der Waals surface area contributed by atoms with Gasteiger partial charge < -0.3 is 4.74 Å². The molecule has 0 aliphatic rings. The first-order valence-electron chi connectivity index (χ1n) is 2.78. The van der Waals surface area contributed by atoms with Gasteiger partial charge in [0, 0.05) is 7.11 Å². The van der Waals surface area contributed by atoms with Gasteiger partial charge in [-0.2, -0.15) is 0 Å². The van der Waals surface area contributed by atoms with E-state index in [-0.39, 0.29) is 6.10 Å². The second kappa shape index (κ2) is 5.21. The van der Waals surface area contributed by atoms with E-state index in [2.05, 4.69) is 0 Å². The van der Waals surface area contributed by atoms with Crippen LogP contribution in [0.25, 0.3) is 0 Å². The molecule has 0 saturated heterocycles. The molecule has 2 nitrogen and oxygen atoms in total. The van der Waals surface area contributed by atoms with Crippen LogP contribution in [0.15, 0.2) is 0 Å². The first-order valence-corrected chi connectivity index (χ1v) is 4.92. The van der Waals surface area contributed by atoms with E-state index in [1.807, 2.05) is 6.92 Å². The number of rotatable bonds is 4. The van der Waals surface area contributed by atoms with E-state index in [0.717, 1.165) is 6.42 Å². The molecule has 0 heterocycles. The summed E-state index contributed by atoms with van der Waals surface area (Å²) in [6, 6.07) is 0. The zero-order valence-electron chi connectivity index (χ0n) is 5.59. The predicted molar refractivity (Wildman–Crippen MR) is 40.0 cm³/mol. The minimum absolute atomic E-state index is 0.0448. The van der Waals surface area contributed by atoms with Crippen molar-refractivity contribution in [2.45, 2.75) is 19.4 Å². The van der Waals surface area contributed by atoms with E-state index in [4.69, 9.17) is 15.4 Å². The van der Waals surface area contributed by atoms with Gasteiger partial charge in [0.1, 0.15) is 10.0 Å². The summed E-state index contributed by atoms with van der Waals surface area (Å²) in [7, 11) is 5.57. The second-order valence-electron chi connectivity index (χ2n) is 1.72. The van der Waals surface area contributed by atoms with Crippen LogP contribution < -0.4 is 0 Å². The van der Waals surface area contributed by atoms with Gasteiger partial charge in [0.15, 0.2) is 0 Å². The molecular weight excluding hydrogens is 160 g/mol. The molecular formula is C5H11ClO2S. The van der Waals surface area contributed by atoms with Crippen LogP contribution in [0, 0.1) is 0 Å². The van der Waals surface area contributed by atoms with E-state index < -0.39 is 10.0 Å². The summed E-state index contributed by atoms with van der Waals surface area (Å²) in [5.74, 6) is 0.425. The van der Waals surface area contributed by atoms with Gasteiger partial charge in [-0.3, -0.25) is 0 Å². The Morgan fingerprint density at radius 1 is 1.78 bits per heavy atom. The van der Waals surface area contributed by atoms with Crippen LogP contribution in [-0.4, -0.2) is 23.2 Å². The van der Waals surface area contributed by atoms with Crippen LogP contribution >= 0.6 is 10.7 Å². The van der Waals surface area contributed by atoms with Gasteiger partial charge in [-0.05, 0) is 17.1 Å². The Labute approximate surface area is 62.5 Å². The maximum Gasteiger partial charge on any atom is 0.117 e. The van der Waals surface area contributed by atoms with E-state index in [0.29, 0.717) is 5.75 Å². The SMILES string of the molecule is CCC(CS(=O)Cl)OC. The maximum absolute atomic E-state index is 10.4. The topological polar surface area (TPSA) is 26.3 Å². The first-order chi connectivity index (χ1) is 4.20. The minimum Gasteiger partial charge on any atom is -0.380 e. The molecule has 0 aliphatic carbocycles. The molecule has 0 fully saturated rings. The van der Waals surface area contributed by atoms with Gasteiger partial charge in [0.25, 0.3) is 0 Å². The molecule has 2 atom stereocenters. The van der Waals surface area contributed by atoms with Crippen LogP contribution in [0.4, 0.5) is 0 Å². The van der Waals surface area contributed by atoms with Crippen LogP contribution in [0.5, 0.6) is 0 Å². The van der Waals surface area contributed by atoms with Crippen molar-refractivity contribution in [2.75, 3.05) is 12.9 Å². The quantitative estimate of drug-likeness (QED) is 0.595. The van der Waals surface area contributed by atoms with Gasteiger partial charge in [0.05, 0.1) is 11.9 Å². The fourth-order valence-electron chi connectivity index (χ4n) is 0.499. The molecule has 0 aliphatic heterocycles. The molecule has 9 heavy (non-hydrogen) atoms. The monoisotopic (exact) mass is 170 g/mol. The lowest BCUT2D eigenvalue weighted by Crippen LogP contribution is -2.15. The van der Waals surface area contributed by atoms with E-state index in [9.17, 15) is 4.21 Å². The third kappa shape index (κ3) is 4.88. The Bertz CT molecular complexity index is 93.0. The largest absolute Gasteiger partial charge is 0.380 e. The van der Waals surface area contributed by atoms with Crippen LogP contribution in [0.2, 0.25) is 0 Å². The summed E-state index contributed by atoms with van der Waals surface area (Å²) in [6.45, 7) is 1.97. The zero-order valence-corrected chi connectivity index (χ0v) is 7.17. The van der Waals surface area contributed by atoms with E-state index in [1.165, 1.54) is 0 Å². The molecule has 0 saturated carbocycles. The maximum atomic E-state index is 10.4. The highest BCUT2D eigenvalue weighted by Gasteiger charge is 2.06.